The summed E-state index contributed by atoms with van der Waals surface area (Å²) in [6.45, 7) is 6.35. The van der Waals surface area contributed by atoms with Gasteiger partial charge in [-0.2, -0.15) is 0 Å². The van der Waals surface area contributed by atoms with Crippen LogP contribution in [0, 0.1) is 0 Å². The minimum absolute atomic E-state index is 0.301. The molecule has 7 nitrogen and oxygen atoms in total. The molecule has 7 heteroatoms. The first kappa shape index (κ1) is 19.2. The summed E-state index contributed by atoms with van der Waals surface area (Å²) in [5.41, 5.74) is 1.26. The lowest BCUT2D eigenvalue weighted by atomic mass is 9.95. The maximum atomic E-state index is 5.27. The summed E-state index contributed by atoms with van der Waals surface area (Å²) in [4.78, 5) is 5.01. The Kier molecular flexibility index (Phi) is 6.10. The second kappa shape index (κ2) is 8.90. The van der Waals surface area contributed by atoms with Crippen LogP contribution in [-0.4, -0.2) is 58.4 Å². The maximum absolute atomic E-state index is 5.27. The molecular formula is C21H32N6O. The fourth-order valence-corrected chi connectivity index (χ4v) is 4.69. The van der Waals surface area contributed by atoms with Gasteiger partial charge >= 0.3 is 0 Å². The van der Waals surface area contributed by atoms with Crippen molar-refractivity contribution < 1.29 is 4.74 Å². The SMILES string of the molecule is CCC(c1nnnn1C1CCCCC1)N1CCN(c2ccc(OC)cc2)CC1. The summed E-state index contributed by atoms with van der Waals surface area (Å²) in [6, 6.07) is 9.15. The standard InChI is InChI=1S/C21H32N6O/c1-3-20(21-22-23-24-27(21)18-7-5-4-6-8-18)26-15-13-25(14-16-26)17-9-11-19(28-2)12-10-17/h9-12,18,20H,3-8,13-16H2,1-2H3. The van der Waals surface area contributed by atoms with E-state index in [1.165, 1.54) is 37.8 Å². The molecule has 1 saturated heterocycles. The van der Waals surface area contributed by atoms with Gasteiger partial charge in [0.25, 0.3) is 0 Å². The van der Waals surface area contributed by atoms with E-state index in [1.807, 2.05) is 12.1 Å². The fourth-order valence-electron chi connectivity index (χ4n) is 4.69. The molecule has 0 bridgehead atoms. The largest absolute Gasteiger partial charge is 0.497 e. The van der Waals surface area contributed by atoms with Crippen molar-refractivity contribution in [3.63, 3.8) is 0 Å². The lowest BCUT2D eigenvalue weighted by molar-refractivity contribution is 0.163. The van der Waals surface area contributed by atoms with E-state index in [1.54, 1.807) is 7.11 Å². The van der Waals surface area contributed by atoms with Gasteiger partial charge in [-0.3, -0.25) is 4.90 Å². The Morgan fingerprint density at radius 1 is 1.04 bits per heavy atom. The van der Waals surface area contributed by atoms with Crippen LogP contribution in [-0.2, 0) is 0 Å². The highest BCUT2D eigenvalue weighted by Crippen LogP contribution is 2.32. The van der Waals surface area contributed by atoms with Crippen molar-refractivity contribution in [3.05, 3.63) is 30.1 Å². The average molecular weight is 385 g/mol. The number of tetrazole rings is 1. The molecule has 2 heterocycles. The third-order valence-corrected chi connectivity index (χ3v) is 6.32. The van der Waals surface area contributed by atoms with Crippen LogP contribution in [0.3, 0.4) is 0 Å². The van der Waals surface area contributed by atoms with Crippen molar-refractivity contribution in [2.75, 3.05) is 38.2 Å². The van der Waals surface area contributed by atoms with E-state index in [0.717, 1.165) is 44.2 Å². The predicted octanol–water partition coefficient (Wildman–Crippen LogP) is 3.46. The molecule has 2 aliphatic rings. The summed E-state index contributed by atoms with van der Waals surface area (Å²) in [5.74, 6) is 1.97. The van der Waals surface area contributed by atoms with E-state index in [-0.39, 0.29) is 0 Å². The zero-order chi connectivity index (χ0) is 19.3. The van der Waals surface area contributed by atoms with Gasteiger partial charge in [0.15, 0.2) is 5.82 Å². The molecule has 28 heavy (non-hydrogen) atoms. The number of hydrogen-bond donors (Lipinski definition) is 0. The summed E-state index contributed by atoms with van der Waals surface area (Å²) in [7, 11) is 1.71. The van der Waals surface area contributed by atoms with Gasteiger partial charge in [-0.25, -0.2) is 4.68 Å². The molecule has 2 aromatic rings. The molecular weight excluding hydrogens is 352 g/mol. The van der Waals surface area contributed by atoms with Gasteiger partial charge in [-0.1, -0.05) is 26.2 Å². The molecule has 2 fully saturated rings. The summed E-state index contributed by atoms with van der Waals surface area (Å²) in [5, 5.41) is 12.9. The quantitative estimate of drug-likeness (QED) is 0.760. The molecule has 1 aromatic carbocycles. The van der Waals surface area contributed by atoms with Gasteiger partial charge in [0.2, 0.25) is 0 Å². The van der Waals surface area contributed by atoms with Gasteiger partial charge in [0, 0.05) is 31.9 Å². The Bertz CT molecular complexity index is 732. The number of benzene rings is 1. The molecule has 0 radical (unpaired) electrons. The van der Waals surface area contributed by atoms with E-state index in [4.69, 9.17) is 4.74 Å². The summed E-state index contributed by atoms with van der Waals surface area (Å²) in [6.07, 6.45) is 7.39. The molecule has 0 N–H and O–H groups in total. The van der Waals surface area contributed by atoms with Crippen molar-refractivity contribution in [2.24, 2.45) is 0 Å². The van der Waals surface area contributed by atoms with Crippen LogP contribution in [0.2, 0.25) is 0 Å². The zero-order valence-corrected chi connectivity index (χ0v) is 17.1. The van der Waals surface area contributed by atoms with E-state index in [9.17, 15) is 0 Å². The van der Waals surface area contributed by atoms with Crippen molar-refractivity contribution >= 4 is 5.69 Å². The highest BCUT2D eigenvalue weighted by atomic mass is 16.5. The zero-order valence-electron chi connectivity index (χ0n) is 17.1. The van der Waals surface area contributed by atoms with Gasteiger partial charge in [-0.15, -0.1) is 5.10 Å². The molecule has 0 spiro atoms. The van der Waals surface area contributed by atoms with Gasteiger partial charge in [-0.05, 0) is 54.0 Å². The van der Waals surface area contributed by atoms with Crippen molar-refractivity contribution in [2.45, 2.75) is 57.5 Å². The van der Waals surface area contributed by atoms with Gasteiger partial charge < -0.3 is 9.64 Å². The number of nitrogens with zero attached hydrogens (tertiary/aromatic N) is 6. The van der Waals surface area contributed by atoms with Crippen LogP contribution < -0.4 is 9.64 Å². The van der Waals surface area contributed by atoms with Crippen molar-refractivity contribution in [1.29, 1.82) is 0 Å². The molecule has 0 amide bonds. The molecule has 1 saturated carbocycles. The number of rotatable bonds is 6. The first-order valence-electron chi connectivity index (χ1n) is 10.7. The molecule has 1 aliphatic heterocycles. The Morgan fingerprint density at radius 2 is 1.75 bits per heavy atom. The number of methoxy groups -OCH3 is 1. The van der Waals surface area contributed by atoms with Crippen LogP contribution in [0.5, 0.6) is 5.75 Å². The lowest BCUT2D eigenvalue weighted by Gasteiger charge is -2.40. The van der Waals surface area contributed by atoms with E-state index >= 15 is 0 Å². The Hall–Kier alpha value is -2.15. The lowest BCUT2D eigenvalue weighted by Crippen LogP contribution is -2.48. The van der Waals surface area contributed by atoms with Crippen LogP contribution >= 0.6 is 0 Å². The van der Waals surface area contributed by atoms with Gasteiger partial charge in [0.1, 0.15) is 5.75 Å². The fraction of sp³-hybridized carbons (Fsp3) is 0.667. The Morgan fingerprint density at radius 3 is 2.39 bits per heavy atom. The topological polar surface area (TPSA) is 59.3 Å². The number of aromatic nitrogens is 4. The van der Waals surface area contributed by atoms with Crippen LogP contribution in [0.25, 0.3) is 0 Å². The number of piperazine rings is 1. The molecule has 152 valence electrons. The third kappa shape index (κ3) is 3.99. The normalized spacial score (nSPS) is 20.3. The number of anilines is 1. The molecule has 1 unspecified atom stereocenters. The van der Waals surface area contributed by atoms with Crippen LogP contribution in [0.15, 0.2) is 24.3 Å². The first-order chi connectivity index (χ1) is 13.8. The van der Waals surface area contributed by atoms with E-state index < -0.39 is 0 Å². The maximum Gasteiger partial charge on any atom is 0.168 e. The molecule has 1 atom stereocenters. The molecule has 1 aromatic heterocycles. The Labute approximate surface area is 167 Å². The number of ether oxygens (including phenoxy) is 1. The van der Waals surface area contributed by atoms with E-state index in [2.05, 4.69) is 49.1 Å². The summed E-state index contributed by atoms with van der Waals surface area (Å²) < 4.78 is 7.42. The molecule has 4 rings (SSSR count). The Balaban J connectivity index is 1.42. The van der Waals surface area contributed by atoms with Gasteiger partial charge in [0.05, 0.1) is 19.2 Å². The monoisotopic (exact) mass is 384 g/mol. The number of hydrogen-bond acceptors (Lipinski definition) is 6. The highest BCUT2D eigenvalue weighted by molar-refractivity contribution is 5.49. The van der Waals surface area contributed by atoms with Crippen molar-refractivity contribution in [1.82, 2.24) is 25.1 Å². The second-order valence-corrected chi connectivity index (χ2v) is 7.92. The summed E-state index contributed by atoms with van der Waals surface area (Å²) >= 11 is 0. The van der Waals surface area contributed by atoms with Crippen LogP contribution in [0.4, 0.5) is 5.69 Å². The molecule has 1 aliphatic carbocycles. The van der Waals surface area contributed by atoms with Crippen molar-refractivity contribution in [3.8, 4) is 5.75 Å². The first-order valence-corrected chi connectivity index (χ1v) is 10.7. The minimum Gasteiger partial charge on any atom is -0.497 e. The van der Waals surface area contributed by atoms with E-state index in [0.29, 0.717) is 12.1 Å². The second-order valence-electron chi connectivity index (χ2n) is 7.92. The minimum atomic E-state index is 0.301. The predicted molar refractivity (Wildman–Crippen MR) is 110 cm³/mol. The highest BCUT2D eigenvalue weighted by Gasteiger charge is 2.30. The smallest absolute Gasteiger partial charge is 0.168 e. The third-order valence-electron chi connectivity index (χ3n) is 6.32. The van der Waals surface area contributed by atoms with Crippen LogP contribution in [0.1, 0.15) is 63.4 Å². The average Bonchev–Trinajstić information content (AvgIpc) is 3.25.